The van der Waals surface area contributed by atoms with Gasteiger partial charge in [0.25, 0.3) is 10.0 Å². The number of hydrogen-bond acceptors (Lipinski definition) is 3. The van der Waals surface area contributed by atoms with Gasteiger partial charge in [0.05, 0.1) is 22.2 Å². The van der Waals surface area contributed by atoms with Crippen LogP contribution in [0.1, 0.15) is 42.4 Å². The number of aryl methyl sites for hydroxylation is 2. The Morgan fingerprint density at radius 3 is 2.59 bits per heavy atom. The van der Waals surface area contributed by atoms with Gasteiger partial charge in [-0.1, -0.05) is 18.2 Å². The average molecular weight is 382 g/mol. The van der Waals surface area contributed by atoms with Crippen molar-refractivity contribution in [3.8, 4) is 0 Å². The van der Waals surface area contributed by atoms with E-state index in [0.717, 1.165) is 60.3 Å². The molecule has 0 fully saturated rings. The van der Waals surface area contributed by atoms with Crippen LogP contribution in [0.5, 0.6) is 0 Å². The average Bonchev–Trinajstić information content (AvgIpc) is 2.94. The lowest BCUT2D eigenvalue weighted by molar-refractivity contribution is -0.119. The van der Waals surface area contributed by atoms with E-state index in [1.807, 2.05) is 36.1 Å². The summed E-state index contributed by atoms with van der Waals surface area (Å²) in [5, 5.41) is 0. The van der Waals surface area contributed by atoms with Crippen molar-refractivity contribution < 1.29 is 13.2 Å². The van der Waals surface area contributed by atoms with Gasteiger partial charge >= 0.3 is 0 Å². The van der Waals surface area contributed by atoms with E-state index in [1.165, 1.54) is 0 Å². The molecular formula is C21H22N2O3S. The first kappa shape index (κ1) is 16.8. The number of carbonyl (C=O) groups is 1. The van der Waals surface area contributed by atoms with Crippen LogP contribution in [0, 0.1) is 0 Å². The van der Waals surface area contributed by atoms with Crippen LogP contribution in [-0.4, -0.2) is 27.4 Å². The fourth-order valence-corrected chi connectivity index (χ4v) is 6.32. The number of fused-ring (bicyclic) bond motifs is 1. The number of benzene rings is 2. The molecule has 1 atom stereocenters. The Bertz CT molecular complexity index is 1060. The van der Waals surface area contributed by atoms with E-state index >= 15 is 0 Å². The molecule has 6 heteroatoms. The lowest BCUT2D eigenvalue weighted by Crippen LogP contribution is -2.35. The molecular weight excluding hydrogens is 360 g/mol. The quantitative estimate of drug-likeness (QED) is 0.801. The molecule has 3 heterocycles. The smallest absolute Gasteiger partial charge is 0.264 e. The molecule has 27 heavy (non-hydrogen) atoms. The third-order valence-electron chi connectivity index (χ3n) is 6.05. The summed E-state index contributed by atoms with van der Waals surface area (Å²) in [6.45, 7) is 3.10. The zero-order valence-corrected chi connectivity index (χ0v) is 16.1. The molecule has 3 aliphatic rings. The van der Waals surface area contributed by atoms with Gasteiger partial charge in [-0.15, -0.1) is 0 Å². The molecule has 0 radical (unpaired) electrons. The molecule has 0 aromatic heterocycles. The molecule has 0 saturated carbocycles. The molecule has 2 aromatic carbocycles. The Morgan fingerprint density at radius 1 is 1.00 bits per heavy atom. The first-order chi connectivity index (χ1) is 13.0. The van der Waals surface area contributed by atoms with Gasteiger partial charge in [0.2, 0.25) is 5.91 Å². The first-order valence-corrected chi connectivity index (χ1v) is 11.0. The van der Waals surface area contributed by atoms with Crippen LogP contribution in [0.3, 0.4) is 0 Å². The number of nitrogens with zero attached hydrogens (tertiary/aromatic N) is 2. The Kier molecular flexibility index (Phi) is 3.63. The van der Waals surface area contributed by atoms with Crippen LogP contribution < -0.4 is 9.21 Å². The van der Waals surface area contributed by atoms with E-state index in [1.54, 1.807) is 16.4 Å². The van der Waals surface area contributed by atoms with E-state index < -0.39 is 10.0 Å². The van der Waals surface area contributed by atoms with Crippen LogP contribution in [0.4, 0.5) is 11.4 Å². The summed E-state index contributed by atoms with van der Waals surface area (Å²) >= 11 is 0. The van der Waals surface area contributed by atoms with Gasteiger partial charge in [-0.25, -0.2) is 8.42 Å². The molecule has 0 aliphatic carbocycles. The molecule has 5 rings (SSSR count). The minimum absolute atomic E-state index is 0.0869. The number of carbonyl (C=O) groups excluding carboxylic acids is 1. The van der Waals surface area contributed by atoms with E-state index in [4.69, 9.17) is 0 Å². The summed E-state index contributed by atoms with van der Waals surface area (Å²) in [6, 6.07) is 11.3. The maximum atomic E-state index is 13.5. The van der Waals surface area contributed by atoms with Crippen LogP contribution in [0.15, 0.2) is 41.3 Å². The van der Waals surface area contributed by atoms with E-state index in [-0.39, 0.29) is 11.8 Å². The Labute approximate surface area is 159 Å². The molecule has 1 amide bonds. The Balaban J connectivity index is 1.65. The third kappa shape index (κ3) is 2.35. The van der Waals surface area contributed by atoms with Crippen LogP contribution in [-0.2, 0) is 27.7 Å². The Hall–Kier alpha value is -2.34. The number of hydrogen-bond donors (Lipinski definition) is 0. The summed E-state index contributed by atoms with van der Waals surface area (Å²) in [7, 11) is -3.66. The summed E-state index contributed by atoms with van der Waals surface area (Å²) < 4.78 is 28.6. The van der Waals surface area contributed by atoms with Gasteiger partial charge in [-0.3, -0.25) is 9.10 Å². The standard InChI is InChI=1S/C21H22N2O3S/c1-14-18-13-17(12-16-8-4-10-22(20(16)18)21(14)24)27(25,26)23-11-5-7-15-6-2-3-9-19(15)23/h2-3,6,9,12-14H,4-5,7-8,10-11H2,1H3/t14-/m0/s1. The predicted molar refractivity (Wildman–Crippen MR) is 105 cm³/mol. The fourth-order valence-electron chi connectivity index (χ4n) is 4.69. The lowest BCUT2D eigenvalue weighted by atomic mass is 9.97. The molecule has 0 saturated heterocycles. The maximum Gasteiger partial charge on any atom is 0.264 e. The third-order valence-corrected chi connectivity index (χ3v) is 7.84. The highest BCUT2D eigenvalue weighted by Gasteiger charge is 2.40. The zero-order chi connectivity index (χ0) is 18.8. The van der Waals surface area contributed by atoms with E-state index in [2.05, 4.69) is 0 Å². The fraction of sp³-hybridized carbons (Fsp3) is 0.381. The number of amides is 1. The summed E-state index contributed by atoms with van der Waals surface area (Å²) in [4.78, 5) is 14.7. The highest BCUT2D eigenvalue weighted by atomic mass is 32.2. The van der Waals surface area contributed by atoms with Crippen molar-refractivity contribution in [1.29, 1.82) is 0 Å². The molecule has 3 aliphatic heterocycles. The predicted octanol–water partition coefficient (Wildman–Crippen LogP) is 3.22. The minimum Gasteiger partial charge on any atom is -0.311 e. The van der Waals surface area contributed by atoms with Crippen LogP contribution >= 0.6 is 0 Å². The largest absolute Gasteiger partial charge is 0.311 e. The van der Waals surface area contributed by atoms with Crippen molar-refractivity contribution in [3.63, 3.8) is 0 Å². The molecule has 0 bridgehead atoms. The minimum atomic E-state index is -3.66. The van der Waals surface area contributed by atoms with Gasteiger partial charge in [-0.05, 0) is 67.5 Å². The second kappa shape index (κ2) is 5.83. The number of para-hydroxylation sites is 1. The van der Waals surface area contributed by atoms with Gasteiger partial charge in [0.1, 0.15) is 0 Å². The highest BCUT2D eigenvalue weighted by Crippen LogP contribution is 2.44. The number of anilines is 2. The van der Waals surface area contributed by atoms with Gasteiger partial charge in [0, 0.05) is 13.1 Å². The lowest BCUT2D eigenvalue weighted by Gasteiger charge is -2.31. The van der Waals surface area contributed by atoms with Gasteiger partial charge in [0.15, 0.2) is 0 Å². The first-order valence-electron chi connectivity index (χ1n) is 9.57. The molecule has 0 N–H and O–H groups in total. The van der Waals surface area contributed by atoms with Crippen molar-refractivity contribution in [3.05, 3.63) is 53.1 Å². The molecule has 0 unspecified atom stereocenters. The van der Waals surface area contributed by atoms with Gasteiger partial charge in [-0.2, -0.15) is 0 Å². The summed E-state index contributed by atoms with van der Waals surface area (Å²) in [6.07, 6.45) is 3.41. The maximum absolute atomic E-state index is 13.5. The number of sulfonamides is 1. The van der Waals surface area contributed by atoms with Crippen molar-refractivity contribution in [2.75, 3.05) is 22.3 Å². The van der Waals surface area contributed by atoms with Crippen LogP contribution in [0.2, 0.25) is 0 Å². The molecule has 2 aromatic rings. The Morgan fingerprint density at radius 2 is 1.74 bits per heavy atom. The van der Waals surface area contributed by atoms with E-state index in [0.29, 0.717) is 11.4 Å². The van der Waals surface area contributed by atoms with Crippen molar-refractivity contribution >= 4 is 27.3 Å². The topological polar surface area (TPSA) is 57.7 Å². The monoisotopic (exact) mass is 382 g/mol. The highest BCUT2D eigenvalue weighted by molar-refractivity contribution is 7.92. The van der Waals surface area contributed by atoms with Crippen LogP contribution in [0.25, 0.3) is 0 Å². The molecule has 140 valence electrons. The SMILES string of the molecule is C[C@@H]1C(=O)N2CCCc3cc(S(=O)(=O)N4CCCc5ccccc54)cc1c32. The van der Waals surface area contributed by atoms with Crippen molar-refractivity contribution in [1.82, 2.24) is 0 Å². The molecule has 0 spiro atoms. The van der Waals surface area contributed by atoms with E-state index in [9.17, 15) is 13.2 Å². The van der Waals surface area contributed by atoms with Crippen molar-refractivity contribution in [2.24, 2.45) is 0 Å². The number of rotatable bonds is 2. The summed E-state index contributed by atoms with van der Waals surface area (Å²) in [5.74, 6) is -0.190. The van der Waals surface area contributed by atoms with Gasteiger partial charge < -0.3 is 4.90 Å². The second-order valence-electron chi connectivity index (χ2n) is 7.64. The summed E-state index contributed by atoms with van der Waals surface area (Å²) in [5.41, 5.74) is 4.66. The second-order valence-corrected chi connectivity index (χ2v) is 9.51. The van der Waals surface area contributed by atoms with Crippen molar-refractivity contribution in [2.45, 2.75) is 43.4 Å². The zero-order valence-electron chi connectivity index (χ0n) is 15.3. The molecule has 5 nitrogen and oxygen atoms in total. The normalized spacial score (nSPS) is 21.2.